The zero-order valence-corrected chi connectivity index (χ0v) is 15.2. The number of hydrogen-bond acceptors (Lipinski definition) is 13. The summed E-state index contributed by atoms with van der Waals surface area (Å²) in [5.41, 5.74) is 0. The lowest BCUT2D eigenvalue weighted by atomic mass is 9.99. The average molecular weight is 418 g/mol. The van der Waals surface area contributed by atoms with Crippen LogP contribution in [-0.4, -0.2) is 138 Å². The summed E-state index contributed by atoms with van der Waals surface area (Å²) in [6.45, 7) is -0.934. The van der Waals surface area contributed by atoms with Crippen LogP contribution >= 0.6 is 0 Å². The van der Waals surface area contributed by atoms with Crippen molar-refractivity contribution in [2.24, 2.45) is 0 Å². The molecule has 2 aliphatic rings. The standard InChI is InChI=1S/C12H22O11.C3H8O2/c13-1-4-6(16)8(18)9(19)11(21-4)23-12(3-15)10(20)7(17)5(2-14)22-12;1-3(5)2-4/h4-11,13-20H,1-3H2;3-5H,2H2,1H3/t4-,5-,6-,7-,8+,9-,10+,11-,12+;/m1./s1. The minimum atomic E-state index is -2.22. The average Bonchev–Trinajstić information content (AvgIpc) is 2.93. The van der Waals surface area contributed by atoms with E-state index in [0.29, 0.717) is 0 Å². The fraction of sp³-hybridized carbons (Fsp3) is 1.00. The van der Waals surface area contributed by atoms with Crippen molar-refractivity contribution in [3.8, 4) is 0 Å². The molecule has 0 saturated carbocycles. The molecule has 0 radical (unpaired) electrons. The van der Waals surface area contributed by atoms with Gasteiger partial charge in [-0.25, -0.2) is 0 Å². The van der Waals surface area contributed by atoms with Crippen molar-refractivity contribution >= 4 is 0 Å². The first-order chi connectivity index (χ1) is 13.1. The smallest absolute Gasteiger partial charge is 0.224 e. The van der Waals surface area contributed by atoms with Gasteiger partial charge in [0.25, 0.3) is 0 Å². The highest BCUT2D eigenvalue weighted by atomic mass is 16.8. The second-order valence-electron chi connectivity index (χ2n) is 6.59. The highest BCUT2D eigenvalue weighted by Crippen LogP contribution is 2.35. The van der Waals surface area contributed by atoms with Crippen molar-refractivity contribution in [2.45, 2.75) is 67.8 Å². The van der Waals surface area contributed by atoms with Crippen molar-refractivity contribution in [1.29, 1.82) is 0 Å². The lowest BCUT2D eigenvalue weighted by Crippen LogP contribution is -2.62. The molecule has 2 rings (SSSR count). The molecule has 0 bridgehead atoms. The quantitative estimate of drug-likeness (QED) is 0.194. The SMILES string of the molecule is CC(O)CO.OC[C@H]1O[C@@](CO)(O[C@H]2O[C@H](CO)[C@@H](O)[C@H](O)[C@H]2O)[C@@H](O)[C@@H]1O. The van der Waals surface area contributed by atoms with Gasteiger partial charge in [0.2, 0.25) is 5.79 Å². The summed E-state index contributed by atoms with van der Waals surface area (Å²) in [5, 5.41) is 92.7. The second kappa shape index (κ2) is 11.0. The van der Waals surface area contributed by atoms with Gasteiger partial charge in [0, 0.05) is 0 Å². The van der Waals surface area contributed by atoms with Crippen molar-refractivity contribution < 1.29 is 65.3 Å². The van der Waals surface area contributed by atoms with Gasteiger partial charge in [-0.3, -0.25) is 0 Å². The van der Waals surface area contributed by atoms with Crippen molar-refractivity contribution in [1.82, 2.24) is 0 Å². The Labute approximate surface area is 160 Å². The summed E-state index contributed by atoms with van der Waals surface area (Å²) in [6, 6.07) is 0. The fourth-order valence-electron chi connectivity index (χ4n) is 2.63. The molecule has 168 valence electrons. The molecule has 10 atom stereocenters. The van der Waals surface area contributed by atoms with Crippen molar-refractivity contribution in [3.63, 3.8) is 0 Å². The Balaban J connectivity index is 0.000000696. The van der Waals surface area contributed by atoms with Gasteiger partial charge in [-0.2, -0.15) is 0 Å². The van der Waals surface area contributed by atoms with E-state index in [1.54, 1.807) is 0 Å². The topological polar surface area (TPSA) is 230 Å². The highest BCUT2D eigenvalue weighted by molar-refractivity contribution is 4.98. The summed E-state index contributed by atoms with van der Waals surface area (Å²) >= 11 is 0. The van der Waals surface area contributed by atoms with Gasteiger partial charge in [0.15, 0.2) is 6.29 Å². The molecule has 0 spiro atoms. The lowest BCUT2D eigenvalue weighted by Gasteiger charge is -2.43. The van der Waals surface area contributed by atoms with Crippen LogP contribution in [0.5, 0.6) is 0 Å². The first kappa shape index (κ1) is 25.5. The van der Waals surface area contributed by atoms with Crippen LogP contribution in [0.25, 0.3) is 0 Å². The summed E-state index contributed by atoms with van der Waals surface area (Å²) in [5.74, 6) is -2.22. The summed E-state index contributed by atoms with van der Waals surface area (Å²) in [7, 11) is 0. The van der Waals surface area contributed by atoms with E-state index >= 15 is 0 Å². The van der Waals surface area contributed by atoms with E-state index in [2.05, 4.69) is 0 Å². The van der Waals surface area contributed by atoms with E-state index in [0.717, 1.165) is 0 Å². The first-order valence-corrected chi connectivity index (χ1v) is 8.61. The third-order valence-electron chi connectivity index (χ3n) is 4.33. The molecule has 2 aliphatic heterocycles. The molecule has 1 unspecified atom stereocenters. The van der Waals surface area contributed by atoms with Gasteiger partial charge in [-0.15, -0.1) is 0 Å². The maximum Gasteiger partial charge on any atom is 0.224 e. The molecule has 13 nitrogen and oxygen atoms in total. The first-order valence-electron chi connectivity index (χ1n) is 8.61. The molecule has 0 aromatic heterocycles. The van der Waals surface area contributed by atoms with E-state index in [-0.39, 0.29) is 6.61 Å². The van der Waals surface area contributed by atoms with Crippen LogP contribution in [-0.2, 0) is 14.2 Å². The second-order valence-corrected chi connectivity index (χ2v) is 6.59. The number of ether oxygens (including phenoxy) is 3. The Bertz CT molecular complexity index is 450. The van der Waals surface area contributed by atoms with Gasteiger partial charge in [0.05, 0.1) is 25.9 Å². The van der Waals surface area contributed by atoms with Gasteiger partial charge in [0.1, 0.15) is 49.3 Å². The fourth-order valence-corrected chi connectivity index (χ4v) is 2.63. The van der Waals surface area contributed by atoms with E-state index < -0.39 is 80.7 Å². The highest BCUT2D eigenvalue weighted by Gasteiger charge is 2.58. The van der Waals surface area contributed by atoms with Crippen LogP contribution in [0.2, 0.25) is 0 Å². The minimum Gasteiger partial charge on any atom is -0.394 e. The van der Waals surface area contributed by atoms with E-state index in [4.69, 9.17) is 34.6 Å². The van der Waals surface area contributed by atoms with Crippen molar-refractivity contribution in [2.75, 3.05) is 26.4 Å². The maximum atomic E-state index is 10.00. The third kappa shape index (κ3) is 5.54. The van der Waals surface area contributed by atoms with Crippen LogP contribution < -0.4 is 0 Å². The van der Waals surface area contributed by atoms with Crippen LogP contribution in [0, 0.1) is 0 Å². The molecule has 2 fully saturated rings. The van der Waals surface area contributed by atoms with E-state index in [1.807, 2.05) is 0 Å². The van der Waals surface area contributed by atoms with Gasteiger partial charge in [-0.05, 0) is 6.92 Å². The normalized spacial score (nSPS) is 44.7. The summed E-state index contributed by atoms with van der Waals surface area (Å²) in [6.07, 6.45) is -13.2. The number of aliphatic hydroxyl groups excluding tert-OH is 10. The van der Waals surface area contributed by atoms with Gasteiger partial charge >= 0.3 is 0 Å². The molecule has 0 aliphatic carbocycles. The van der Waals surface area contributed by atoms with Crippen LogP contribution in [0.4, 0.5) is 0 Å². The summed E-state index contributed by atoms with van der Waals surface area (Å²) in [4.78, 5) is 0. The van der Waals surface area contributed by atoms with Crippen LogP contribution in [0.3, 0.4) is 0 Å². The third-order valence-corrected chi connectivity index (χ3v) is 4.33. The number of rotatable bonds is 6. The molecule has 2 heterocycles. The monoisotopic (exact) mass is 418 g/mol. The lowest BCUT2D eigenvalue weighted by molar-refractivity contribution is -0.383. The minimum absolute atomic E-state index is 0.139. The van der Waals surface area contributed by atoms with Crippen LogP contribution in [0.15, 0.2) is 0 Å². The molecule has 28 heavy (non-hydrogen) atoms. The molecular weight excluding hydrogens is 388 g/mol. The Hall–Kier alpha value is -0.520. The molecule has 0 aromatic rings. The molecule has 0 aromatic carbocycles. The van der Waals surface area contributed by atoms with Gasteiger partial charge < -0.3 is 65.3 Å². The summed E-state index contributed by atoms with van der Waals surface area (Å²) < 4.78 is 15.4. The Morgan fingerprint density at radius 1 is 0.857 bits per heavy atom. The molecule has 0 amide bonds. The Morgan fingerprint density at radius 2 is 1.39 bits per heavy atom. The largest absolute Gasteiger partial charge is 0.394 e. The van der Waals surface area contributed by atoms with E-state index in [9.17, 15) is 30.6 Å². The molecule has 2 saturated heterocycles. The Kier molecular flexibility index (Phi) is 10.1. The predicted octanol–water partition coefficient (Wildman–Crippen LogP) is -6.04. The molecule has 13 heteroatoms. The zero-order valence-electron chi connectivity index (χ0n) is 15.2. The Morgan fingerprint density at radius 3 is 1.79 bits per heavy atom. The molecular formula is C15H30O13. The maximum absolute atomic E-state index is 10.00. The molecule has 10 N–H and O–H groups in total. The van der Waals surface area contributed by atoms with Crippen LogP contribution in [0.1, 0.15) is 6.92 Å². The number of aliphatic hydroxyl groups is 10. The number of hydrogen-bond donors (Lipinski definition) is 10. The van der Waals surface area contributed by atoms with Crippen molar-refractivity contribution in [3.05, 3.63) is 0 Å². The zero-order chi connectivity index (χ0) is 21.6. The van der Waals surface area contributed by atoms with Gasteiger partial charge in [-0.1, -0.05) is 0 Å². The predicted molar refractivity (Wildman–Crippen MR) is 87.4 cm³/mol. The van der Waals surface area contributed by atoms with E-state index in [1.165, 1.54) is 6.92 Å².